The van der Waals surface area contributed by atoms with E-state index in [4.69, 9.17) is 5.73 Å². The van der Waals surface area contributed by atoms with Crippen molar-refractivity contribution in [2.45, 2.75) is 19.0 Å². The van der Waals surface area contributed by atoms with Gasteiger partial charge in [0, 0.05) is 0 Å². The van der Waals surface area contributed by atoms with Crippen molar-refractivity contribution in [3.05, 3.63) is 42.8 Å². The molecule has 0 heterocycles. The standard InChI is InChI=1S/C11H15N2O/c1-8(12)11(14)13-9(2)10-6-4-3-5-7-10/h3-9H,2,12H2,1H3,(H,13,14)/t8-,9-/m0/s1. The predicted octanol–water partition coefficient (Wildman–Crippen LogP) is 1.03. The molecule has 1 amide bonds. The fourth-order valence-corrected chi connectivity index (χ4v) is 1.07. The molecule has 1 aromatic rings. The van der Waals surface area contributed by atoms with Crippen LogP contribution in [0.15, 0.2) is 30.3 Å². The molecule has 2 atom stereocenters. The number of amides is 1. The highest BCUT2D eigenvalue weighted by molar-refractivity contribution is 5.81. The number of carbonyl (C=O) groups excluding carboxylic acids is 1. The van der Waals surface area contributed by atoms with Crippen LogP contribution in [0.5, 0.6) is 0 Å². The summed E-state index contributed by atoms with van der Waals surface area (Å²) in [7, 11) is 0. The molecule has 0 fully saturated rings. The molecule has 1 radical (unpaired) electrons. The molecule has 1 aromatic carbocycles. The van der Waals surface area contributed by atoms with Crippen LogP contribution in [-0.2, 0) is 4.79 Å². The molecule has 0 aromatic heterocycles. The number of nitrogens with one attached hydrogen (secondary N) is 1. The molecule has 75 valence electrons. The summed E-state index contributed by atoms with van der Waals surface area (Å²) in [6.45, 7) is 5.49. The van der Waals surface area contributed by atoms with Crippen molar-refractivity contribution in [2.24, 2.45) is 5.73 Å². The Balaban J connectivity index is 2.59. The van der Waals surface area contributed by atoms with Crippen LogP contribution in [0, 0.1) is 6.92 Å². The van der Waals surface area contributed by atoms with E-state index in [9.17, 15) is 4.79 Å². The monoisotopic (exact) mass is 191 g/mol. The minimum Gasteiger partial charge on any atom is -0.348 e. The SMILES string of the molecule is [CH2][C@H](NC(=O)[C@H](C)N)c1ccccc1. The zero-order valence-corrected chi connectivity index (χ0v) is 8.23. The minimum absolute atomic E-state index is 0.186. The number of benzene rings is 1. The van der Waals surface area contributed by atoms with Crippen molar-refractivity contribution in [3.8, 4) is 0 Å². The van der Waals surface area contributed by atoms with Crippen LogP contribution in [0.3, 0.4) is 0 Å². The highest BCUT2D eigenvalue weighted by Crippen LogP contribution is 2.10. The first-order valence-electron chi connectivity index (χ1n) is 4.55. The fraction of sp³-hybridized carbons (Fsp3) is 0.273. The first kappa shape index (κ1) is 10.7. The van der Waals surface area contributed by atoms with Crippen molar-refractivity contribution in [1.29, 1.82) is 0 Å². The maximum Gasteiger partial charge on any atom is 0.237 e. The van der Waals surface area contributed by atoms with Crippen LogP contribution in [0.1, 0.15) is 18.5 Å². The zero-order valence-electron chi connectivity index (χ0n) is 8.23. The molecule has 3 heteroatoms. The number of carbonyl (C=O) groups is 1. The smallest absolute Gasteiger partial charge is 0.237 e. The Labute approximate surface area is 84.3 Å². The van der Waals surface area contributed by atoms with E-state index < -0.39 is 6.04 Å². The largest absolute Gasteiger partial charge is 0.348 e. The van der Waals surface area contributed by atoms with Crippen molar-refractivity contribution < 1.29 is 4.79 Å². The quantitative estimate of drug-likeness (QED) is 0.749. The van der Waals surface area contributed by atoms with Gasteiger partial charge in [0.05, 0.1) is 12.1 Å². The Bertz CT molecular complexity index is 295. The van der Waals surface area contributed by atoms with E-state index in [0.717, 1.165) is 5.56 Å². The lowest BCUT2D eigenvalue weighted by Crippen LogP contribution is -2.39. The second-order valence-corrected chi connectivity index (χ2v) is 3.26. The molecule has 0 saturated carbocycles. The van der Waals surface area contributed by atoms with Gasteiger partial charge in [-0.1, -0.05) is 30.3 Å². The van der Waals surface area contributed by atoms with Gasteiger partial charge < -0.3 is 11.1 Å². The van der Waals surface area contributed by atoms with Crippen LogP contribution in [0.25, 0.3) is 0 Å². The van der Waals surface area contributed by atoms with Crippen molar-refractivity contribution >= 4 is 5.91 Å². The molecule has 3 N–H and O–H groups in total. The molecule has 0 saturated heterocycles. The summed E-state index contributed by atoms with van der Waals surface area (Å²) in [5.41, 5.74) is 6.40. The van der Waals surface area contributed by atoms with Crippen LogP contribution in [0.4, 0.5) is 0 Å². The van der Waals surface area contributed by atoms with Crippen molar-refractivity contribution in [1.82, 2.24) is 5.32 Å². The van der Waals surface area contributed by atoms with Gasteiger partial charge in [-0.25, -0.2) is 0 Å². The molecule has 3 nitrogen and oxygen atoms in total. The Kier molecular flexibility index (Phi) is 3.65. The summed E-state index contributed by atoms with van der Waals surface area (Å²) in [4.78, 5) is 11.3. The highest BCUT2D eigenvalue weighted by atomic mass is 16.2. The van der Waals surface area contributed by atoms with Crippen LogP contribution in [0.2, 0.25) is 0 Å². The van der Waals surface area contributed by atoms with E-state index in [1.165, 1.54) is 0 Å². The Morgan fingerprint density at radius 1 is 1.43 bits per heavy atom. The molecule has 0 bridgehead atoms. The third-order valence-corrected chi connectivity index (χ3v) is 1.93. The predicted molar refractivity (Wildman–Crippen MR) is 56.3 cm³/mol. The van der Waals surface area contributed by atoms with E-state index in [2.05, 4.69) is 12.2 Å². The molecule has 0 unspecified atom stereocenters. The summed E-state index contributed by atoms with van der Waals surface area (Å²) >= 11 is 0. The topological polar surface area (TPSA) is 55.1 Å². The van der Waals surface area contributed by atoms with Gasteiger partial charge >= 0.3 is 0 Å². The average molecular weight is 191 g/mol. The summed E-state index contributed by atoms with van der Waals surface area (Å²) in [6, 6.07) is 8.83. The van der Waals surface area contributed by atoms with Crippen molar-refractivity contribution in [2.75, 3.05) is 0 Å². The Morgan fingerprint density at radius 3 is 2.50 bits per heavy atom. The molecule has 0 aliphatic carbocycles. The second kappa shape index (κ2) is 4.77. The number of nitrogens with two attached hydrogens (primary N) is 1. The average Bonchev–Trinajstić information content (AvgIpc) is 2.19. The Morgan fingerprint density at radius 2 is 2.00 bits per heavy atom. The van der Waals surface area contributed by atoms with Gasteiger partial charge in [-0.2, -0.15) is 0 Å². The summed E-state index contributed by atoms with van der Waals surface area (Å²) < 4.78 is 0. The molecular weight excluding hydrogens is 176 g/mol. The highest BCUT2D eigenvalue weighted by Gasteiger charge is 2.11. The van der Waals surface area contributed by atoms with Gasteiger partial charge in [-0.15, -0.1) is 0 Å². The summed E-state index contributed by atoms with van der Waals surface area (Å²) in [6.07, 6.45) is 0. The van der Waals surface area contributed by atoms with Gasteiger partial charge in [0.25, 0.3) is 0 Å². The molecule has 14 heavy (non-hydrogen) atoms. The summed E-state index contributed by atoms with van der Waals surface area (Å²) in [5, 5.41) is 2.72. The summed E-state index contributed by atoms with van der Waals surface area (Å²) in [5.74, 6) is -0.186. The lowest BCUT2D eigenvalue weighted by molar-refractivity contribution is -0.122. The van der Waals surface area contributed by atoms with E-state index >= 15 is 0 Å². The van der Waals surface area contributed by atoms with Crippen LogP contribution >= 0.6 is 0 Å². The zero-order chi connectivity index (χ0) is 10.6. The van der Waals surface area contributed by atoms with E-state index in [-0.39, 0.29) is 11.9 Å². The maximum atomic E-state index is 11.3. The third-order valence-electron chi connectivity index (χ3n) is 1.93. The van der Waals surface area contributed by atoms with E-state index in [0.29, 0.717) is 0 Å². The van der Waals surface area contributed by atoms with E-state index in [1.54, 1.807) is 6.92 Å². The lowest BCUT2D eigenvalue weighted by Gasteiger charge is -2.15. The first-order valence-corrected chi connectivity index (χ1v) is 4.55. The lowest BCUT2D eigenvalue weighted by atomic mass is 10.1. The molecule has 1 rings (SSSR count). The van der Waals surface area contributed by atoms with Gasteiger partial charge in [0.2, 0.25) is 5.91 Å². The number of rotatable bonds is 3. The minimum atomic E-state index is -0.497. The molecular formula is C11H15N2O. The van der Waals surface area contributed by atoms with Gasteiger partial charge in [0.1, 0.15) is 0 Å². The molecule has 0 aliphatic heterocycles. The Hall–Kier alpha value is -1.35. The van der Waals surface area contributed by atoms with Gasteiger partial charge in [0.15, 0.2) is 0 Å². The third kappa shape index (κ3) is 2.85. The van der Waals surface area contributed by atoms with Gasteiger partial charge in [-0.05, 0) is 19.4 Å². The number of hydrogen-bond acceptors (Lipinski definition) is 2. The van der Waals surface area contributed by atoms with E-state index in [1.807, 2.05) is 30.3 Å². The number of hydrogen-bond donors (Lipinski definition) is 2. The first-order chi connectivity index (χ1) is 6.61. The van der Waals surface area contributed by atoms with Crippen molar-refractivity contribution in [3.63, 3.8) is 0 Å². The molecule has 0 aliphatic rings. The maximum absolute atomic E-state index is 11.3. The second-order valence-electron chi connectivity index (χ2n) is 3.26. The normalized spacial score (nSPS) is 14.5. The molecule has 0 spiro atoms. The van der Waals surface area contributed by atoms with Crippen LogP contribution < -0.4 is 11.1 Å². The fourth-order valence-electron chi connectivity index (χ4n) is 1.07. The van der Waals surface area contributed by atoms with Gasteiger partial charge in [-0.3, -0.25) is 4.79 Å². The van der Waals surface area contributed by atoms with Crippen LogP contribution in [-0.4, -0.2) is 11.9 Å².